The van der Waals surface area contributed by atoms with E-state index in [-0.39, 0.29) is 0 Å². The van der Waals surface area contributed by atoms with E-state index >= 15 is 0 Å². The van der Waals surface area contributed by atoms with E-state index in [9.17, 15) is 0 Å². The molecular formula is C14H29NO2. The average Bonchev–Trinajstić information content (AvgIpc) is 2.20. The Hall–Kier alpha value is -1.27. The summed E-state index contributed by atoms with van der Waals surface area (Å²) in [5, 5.41) is 7.32. The van der Waals surface area contributed by atoms with Crippen LogP contribution in [-0.4, -0.2) is 21.3 Å². The third-order valence-corrected chi connectivity index (χ3v) is 0.772. The van der Waals surface area contributed by atoms with Crippen LogP contribution in [-0.2, 0) is 9.47 Å². The molecule has 17 heavy (non-hydrogen) atoms. The fourth-order valence-electron chi connectivity index (χ4n) is 0.406. The van der Waals surface area contributed by atoms with Crippen LogP contribution in [0.15, 0.2) is 24.0 Å². The van der Waals surface area contributed by atoms with Gasteiger partial charge in [-0.25, -0.2) is 0 Å². The van der Waals surface area contributed by atoms with Gasteiger partial charge in [0.1, 0.15) is 0 Å². The highest BCUT2D eigenvalue weighted by molar-refractivity contribution is 5.13. The minimum absolute atomic E-state index is 0.900. The molecule has 0 aliphatic carbocycles. The maximum Gasteiger partial charge on any atom is 0.0926 e. The SMILES string of the molecule is C=C(C)/C=C(\C)OC.CC#N.CCC.COC. The molecular weight excluding hydrogens is 214 g/mol. The largest absolute Gasteiger partial charge is 0.501 e. The highest BCUT2D eigenvalue weighted by Crippen LogP contribution is 1.97. The summed E-state index contributed by atoms with van der Waals surface area (Å²) in [6.45, 7) is 13.2. The normalized spacial score (nSPS) is 7.82. The molecule has 102 valence electrons. The first-order valence-corrected chi connectivity index (χ1v) is 5.50. The molecule has 0 spiro atoms. The summed E-state index contributed by atoms with van der Waals surface area (Å²) in [5.41, 5.74) is 1.02. The van der Waals surface area contributed by atoms with Crippen molar-refractivity contribution in [2.45, 2.75) is 41.0 Å². The number of methoxy groups -OCH3 is 2. The highest BCUT2D eigenvalue weighted by Gasteiger charge is 1.81. The van der Waals surface area contributed by atoms with Crippen LogP contribution in [0.25, 0.3) is 0 Å². The number of rotatable bonds is 2. The van der Waals surface area contributed by atoms with Crippen molar-refractivity contribution in [1.82, 2.24) is 0 Å². The Bertz CT molecular complexity index is 201. The van der Waals surface area contributed by atoms with Crippen molar-refractivity contribution in [3.8, 4) is 6.07 Å². The Morgan fingerprint density at radius 2 is 1.47 bits per heavy atom. The molecule has 0 bridgehead atoms. The molecule has 0 fully saturated rings. The molecule has 0 aliphatic heterocycles. The maximum absolute atomic E-state index is 7.32. The van der Waals surface area contributed by atoms with Gasteiger partial charge in [-0.2, -0.15) is 5.26 Å². The van der Waals surface area contributed by atoms with E-state index in [0.717, 1.165) is 11.3 Å². The van der Waals surface area contributed by atoms with Gasteiger partial charge in [-0.1, -0.05) is 32.4 Å². The standard InChI is InChI=1S/C7H12O.C3H8.C2H3N.C2H6O/c1-6(2)5-7(3)8-4;1-3-2;1-2-3;1-3-2/h5H,1H2,2-4H3;3H2,1-2H3;1H3;1-2H3/b7-5+;;;. The van der Waals surface area contributed by atoms with Gasteiger partial charge in [0.15, 0.2) is 0 Å². The Kier molecular flexibility index (Phi) is 42.8. The molecule has 0 aromatic heterocycles. The lowest BCUT2D eigenvalue weighted by Crippen LogP contribution is -1.77. The molecule has 0 radical (unpaired) electrons. The van der Waals surface area contributed by atoms with Gasteiger partial charge in [0.05, 0.1) is 18.9 Å². The first kappa shape index (κ1) is 24.8. The zero-order chi connectivity index (χ0) is 14.7. The van der Waals surface area contributed by atoms with Crippen LogP contribution < -0.4 is 0 Å². The third-order valence-electron chi connectivity index (χ3n) is 0.772. The van der Waals surface area contributed by atoms with Gasteiger partial charge in [-0.3, -0.25) is 0 Å². The molecule has 0 saturated carbocycles. The molecule has 0 aliphatic rings. The Balaban J connectivity index is -0.0000000784. The predicted molar refractivity (Wildman–Crippen MR) is 75.8 cm³/mol. The van der Waals surface area contributed by atoms with Crippen LogP contribution in [0.5, 0.6) is 0 Å². The molecule has 0 aromatic rings. The monoisotopic (exact) mass is 243 g/mol. The molecule has 3 nitrogen and oxygen atoms in total. The van der Waals surface area contributed by atoms with Crippen molar-refractivity contribution in [1.29, 1.82) is 5.26 Å². The van der Waals surface area contributed by atoms with Gasteiger partial charge in [0, 0.05) is 21.1 Å². The Morgan fingerprint density at radius 3 is 1.53 bits per heavy atom. The second kappa shape index (κ2) is 29.3. The van der Waals surface area contributed by atoms with Crippen molar-refractivity contribution in [3.63, 3.8) is 0 Å². The predicted octanol–water partition coefficient (Wildman–Crippen LogP) is 4.32. The molecule has 0 saturated heterocycles. The van der Waals surface area contributed by atoms with Crippen molar-refractivity contribution in [2.24, 2.45) is 0 Å². The summed E-state index contributed by atoms with van der Waals surface area (Å²) < 4.78 is 9.11. The van der Waals surface area contributed by atoms with Gasteiger partial charge in [0.2, 0.25) is 0 Å². The number of ether oxygens (including phenoxy) is 2. The van der Waals surface area contributed by atoms with E-state index < -0.39 is 0 Å². The number of hydrogen-bond acceptors (Lipinski definition) is 3. The number of nitriles is 1. The van der Waals surface area contributed by atoms with Gasteiger partial charge in [-0.15, -0.1) is 0 Å². The van der Waals surface area contributed by atoms with E-state index in [4.69, 9.17) is 10.00 Å². The zero-order valence-electron chi connectivity index (χ0n) is 12.8. The first-order chi connectivity index (χ1) is 7.91. The van der Waals surface area contributed by atoms with Crippen LogP contribution in [0.4, 0.5) is 0 Å². The van der Waals surface area contributed by atoms with Crippen LogP contribution in [0.1, 0.15) is 41.0 Å². The summed E-state index contributed by atoms with van der Waals surface area (Å²) in [7, 11) is 4.90. The molecule has 0 amide bonds. The topological polar surface area (TPSA) is 42.2 Å². The minimum Gasteiger partial charge on any atom is -0.501 e. The van der Waals surface area contributed by atoms with E-state index in [0.29, 0.717) is 0 Å². The lowest BCUT2D eigenvalue weighted by atomic mass is 10.3. The molecule has 0 atom stereocenters. The second-order valence-corrected chi connectivity index (χ2v) is 3.14. The first-order valence-electron chi connectivity index (χ1n) is 5.50. The number of hydrogen-bond donors (Lipinski definition) is 0. The third kappa shape index (κ3) is 107. The van der Waals surface area contributed by atoms with Crippen molar-refractivity contribution >= 4 is 0 Å². The second-order valence-electron chi connectivity index (χ2n) is 3.14. The zero-order valence-corrected chi connectivity index (χ0v) is 12.8. The van der Waals surface area contributed by atoms with Crippen LogP contribution in [0.3, 0.4) is 0 Å². The van der Waals surface area contributed by atoms with Crippen molar-refractivity contribution in [3.05, 3.63) is 24.0 Å². The lowest BCUT2D eigenvalue weighted by molar-refractivity contribution is 0.277. The van der Waals surface area contributed by atoms with Crippen molar-refractivity contribution in [2.75, 3.05) is 21.3 Å². The molecule has 0 unspecified atom stereocenters. The smallest absolute Gasteiger partial charge is 0.0926 e. The van der Waals surface area contributed by atoms with E-state index in [1.165, 1.54) is 13.3 Å². The number of nitrogens with zero attached hydrogens (tertiary/aromatic N) is 1. The van der Waals surface area contributed by atoms with E-state index in [2.05, 4.69) is 25.2 Å². The quantitative estimate of drug-likeness (QED) is 0.535. The Labute approximate surface area is 108 Å². The number of allylic oxidation sites excluding steroid dienone is 3. The summed E-state index contributed by atoms with van der Waals surface area (Å²) >= 11 is 0. The highest BCUT2D eigenvalue weighted by atomic mass is 16.5. The maximum atomic E-state index is 7.32. The Morgan fingerprint density at radius 1 is 1.24 bits per heavy atom. The minimum atomic E-state index is 0.900. The fraction of sp³-hybridized carbons (Fsp3) is 0.643. The summed E-state index contributed by atoms with van der Waals surface area (Å²) in [4.78, 5) is 0. The van der Waals surface area contributed by atoms with Crippen molar-refractivity contribution < 1.29 is 9.47 Å². The van der Waals surface area contributed by atoms with Crippen LogP contribution in [0.2, 0.25) is 0 Å². The van der Waals surface area contributed by atoms with E-state index in [1.807, 2.05) is 19.9 Å². The molecule has 0 N–H and O–H groups in total. The summed E-state index contributed by atoms with van der Waals surface area (Å²) in [5.74, 6) is 0.900. The molecule has 0 aromatic carbocycles. The van der Waals surface area contributed by atoms with Gasteiger partial charge in [0.25, 0.3) is 0 Å². The molecule has 3 heteroatoms. The average molecular weight is 243 g/mol. The van der Waals surface area contributed by atoms with Crippen LogP contribution in [0, 0.1) is 11.3 Å². The van der Waals surface area contributed by atoms with Gasteiger partial charge < -0.3 is 9.47 Å². The van der Waals surface area contributed by atoms with Gasteiger partial charge in [-0.05, 0) is 19.9 Å². The summed E-state index contributed by atoms with van der Waals surface area (Å²) in [6.07, 6.45) is 3.14. The van der Waals surface area contributed by atoms with Gasteiger partial charge >= 0.3 is 0 Å². The molecule has 0 heterocycles. The van der Waals surface area contributed by atoms with Crippen LogP contribution >= 0.6 is 0 Å². The van der Waals surface area contributed by atoms with E-state index in [1.54, 1.807) is 27.4 Å². The summed E-state index contributed by atoms with van der Waals surface area (Å²) in [6, 6.07) is 1.75. The fourth-order valence-corrected chi connectivity index (χ4v) is 0.406. The molecule has 0 rings (SSSR count). The lowest BCUT2D eigenvalue weighted by Gasteiger charge is -1.95.